The third kappa shape index (κ3) is 3.59. The summed E-state index contributed by atoms with van der Waals surface area (Å²) in [6.07, 6.45) is 3.72. The smallest absolute Gasteiger partial charge is 0.276 e. The molecular weight excluding hydrogens is 352 g/mol. The Morgan fingerprint density at radius 1 is 1.25 bits per heavy atom. The van der Waals surface area contributed by atoms with Gasteiger partial charge >= 0.3 is 0 Å². The molecule has 4 rings (SSSR count). The Morgan fingerprint density at radius 2 is 2.04 bits per heavy atom. The summed E-state index contributed by atoms with van der Waals surface area (Å²) in [7, 11) is 0. The fraction of sp³-hybridized carbons (Fsp3) is 0.409. The molecule has 0 atom stereocenters. The molecule has 1 aliphatic rings. The number of carbonyl (C=O) groups is 1. The molecule has 0 unspecified atom stereocenters. The van der Waals surface area contributed by atoms with Crippen LogP contribution in [0.25, 0.3) is 11.1 Å². The van der Waals surface area contributed by atoms with E-state index in [4.69, 9.17) is 4.52 Å². The molecule has 0 aliphatic carbocycles. The zero-order chi connectivity index (χ0) is 19.7. The number of amides is 1. The molecular formula is C22H26N4O2. The van der Waals surface area contributed by atoms with E-state index in [-0.39, 0.29) is 11.8 Å². The lowest BCUT2D eigenvalue weighted by molar-refractivity contribution is 0.0701. The van der Waals surface area contributed by atoms with Crippen molar-refractivity contribution in [2.24, 2.45) is 0 Å². The minimum Gasteiger partial charge on any atom is -0.360 e. The molecule has 1 amide bonds. The molecule has 0 radical (unpaired) electrons. The summed E-state index contributed by atoms with van der Waals surface area (Å²) in [4.78, 5) is 14.6. The Labute approximate surface area is 164 Å². The Hall–Kier alpha value is -2.89. The maximum absolute atomic E-state index is 12.7. The number of rotatable bonds is 4. The van der Waals surface area contributed by atoms with Gasteiger partial charge in [-0.15, -0.1) is 0 Å². The van der Waals surface area contributed by atoms with E-state index < -0.39 is 0 Å². The topological polar surface area (TPSA) is 75.0 Å². The van der Waals surface area contributed by atoms with Crippen molar-refractivity contribution < 1.29 is 9.32 Å². The number of carbonyl (C=O) groups excluding carboxylic acids is 1. The molecule has 146 valence electrons. The Morgan fingerprint density at radius 3 is 2.71 bits per heavy atom. The summed E-state index contributed by atoms with van der Waals surface area (Å²) >= 11 is 0. The van der Waals surface area contributed by atoms with Crippen molar-refractivity contribution in [3.63, 3.8) is 0 Å². The van der Waals surface area contributed by atoms with Crippen molar-refractivity contribution >= 4 is 5.91 Å². The first-order valence-corrected chi connectivity index (χ1v) is 9.89. The van der Waals surface area contributed by atoms with Crippen LogP contribution in [0.4, 0.5) is 0 Å². The fourth-order valence-corrected chi connectivity index (χ4v) is 3.85. The van der Waals surface area contributed by atoms with Crippen molar-refractivity contribution in [2.45, 2.75) is 45.4 Å². The molecule has 1 aliphatic heterocycles. The number of aromatic amines is 1. The van der Waals surface area contributed by atoms with Crippen molar-refractivity contribution in [2.75, 3.05) is 13.1 Å². The molecule has 3 heterocycles. The molecule has 1 N–H and O–H groups in total. The molecule has 2 aromatic heterocycles. The molecule has 6 heteroatoms. The summed E-state index contributed by atoms with van der Waals surface area (Å²) in [6.45, 7) is 7.56. The average Bonchev–Trinajstić information content (AvgIpc) is 3.37. The third-order valence-electron chi connectivity index (χ3n) is 5.50. The summed E-state index contributed by atoms with van der Waals surface area (Å²) in [6, 6.07) is 10.2. The predicted octanol–water partition coefficient (Wildman–Crippen LogP) is 4.52. The first-order valence-electron chi connectivity index (χ1n) is 9.89. The van der Waals surface area contributed by atoms with Crippen LogP contribution in [0, 0.1) is 6.92 Å². The van der Waals surface area contributed by atoms with Crippen LogP contribution in [-0.2, 0) is 0 Å². The minimum absolute atomic E-state index is 0.0439. The highest BCUT2D eigenvalue weighted by Crippen LogP contribution is 2.34. The van der Waals surface area contributed by atoms with Crippen molar-refractivity contribution in [1.82, 2.24) is 20.3 Å². The summed E-state index contributed by atoms with van der Waals surface area (Å²) < 4.78 is 5.28. The second-order valence-electron chi connectivity index (χ2n) is 7.90. The predicted molar refractivity (Wildman–Crippen MR) is 107 cm³/mol. The van der Waals surface area contributed by atoms with Gasteiger partial charge in [-0.3, -0.25) is 9.89 Å². The van der Waals surface area contributed by atoms with Crippen LogP contribution in [0.15, 0.2) is 41.1 Å². The molecule has 0 bridgehead atoms. The number of likely N-dealkylation sites (tertiary alicyclic amines) is 1. The standard InChI is InChI=1S/C22H26N4O2/c1-14(2)20-12-19(25-28-20)22(27)26-9-7-16(8-10-26)21-18(13-23-24-21)17-6-4-5-15(3)11-17/h4-6,11-14,16H,7-10H2,1-3H3,(H,23,24). The monoisotopic (exact) mass is 378 g/mol. The number of aryl methyl sites for hydroxylation is 1. The zero-order valence-corrected chi connectivity index (χ0v) is 16.6. The van der Waals surface area contributed by atoms with E-state index >= 15 is 0 Å². The normalized spacial score (nSPS) is 15.4. The number of H-pyrrole nitrogens is 1. The lowest BCUT2D eigenvalue weighted by Gasteiger charge is -2.31. The number of aromatic nitrogens is 3. The van der Waals surface area contributed by atoms with Crippen molar-refractivity contribution in [3.05, 3.63) is 59.2 Å². The van der Waals surface area contributed by atoms with Gasteiger partial charge in [0.25, 0.3) is 5.91 Å². The van der Waals surface area contributed by atoms with Gasteiger partial charge < -0.3 is 9.42 Å². The van der Waals surface area contributed by atoms with Gasteiger partial charge in [0, 0.05) is 42.2 Å². The van der Waals surface area contributed by atoms with Gasteiger partial charge in [0.15, 0.2) is 5.69 Å². The van der Waals surface area contributed by atoms with E-state index in [9.17, 15) is 4.79 Å². The molecule has 0 spiro atoms. The second-order valence-corrected chi connectivity index (χ2v) is 7.90. The molecule has 6 nitrogen and oxygen atoms in total. The van der Waals surface area contributed by atoms with Crippen molar-refractivity contribution in [3.8, 4) is 11.1 Å². The Balaban J connectivity index is 1.45. The van der Waals surface area contributed by atoms with E-state index in [0.29, 0.717) is 24.7 Å². The zero-order valence-electron chi connectivity index (χ0n) is 16.6. The maximum atomic E-state index is 12.7. The van der Waals surface area contributed by atoms with Gasteiger partial charge in [0.05, 0.1) is 6.20 Å². The quantitative estimate of drug-likeness (QED) is 0.724. The van der Waals surface area contributed by atoms with E-state index in [1.54, 1.807) is 6.07 Å². The number of hydrogen-bond acceptors (Lipinski definition) is 4. The van der Waals surface area contributed by atoms with E-state index in [1.807, 2.05) is 24.9 Å². The van der Waals surface area contributed by atoms with E-state index in [2.05, 4.69) is 46.5 Å². The lowest BCUT2D eigenvalue weighted by atomic mass is 9.89. The first-order chi connectivity index (χ1) is 13.5. The minimum atomic E-state index is -0.0439. The summed E-state index contributed by atoms with van der Waals surface area (Å²) in [5.74, 6) is 1.29. The first kappa shape index (κ1) is 18.5. The number of piperidine rings is 1. The largest absolute Gasteiger partial charge is 0.360 e. The van der Waals surface area contributed by atoms with Crippen LogP contribution in [0.3, 0.4) is 0 Å². The highest BCUT2D eigenvalue weighted by atomic mass is 16.5. The van der Waals surface area contributed by atoms with Crippen LogP contribution < -0.4 is 0 Å². The highest BCUT2D eigenvalue weighted by Gasteiger charge is 2.28. The van der Waals surface area contributed by atoms with E-state index in [1.165, 1.54) is 16.8 Å². The number of hydrogen-bond donors (Lipinski definition) is 1. The third-order valence-corrected chi connectivity index (χ3v) is 5.50. The molecule has 0 saturated carbocycles. The highest BCUT2D eigenvalue weighted by molar-refractivity contribution is 5.92. The van der Waals surface area contributed by atoms with Gasteiger partial charge in [-0.05, 0) is 25.3 Å². The van der Waals surface area contributed by atoms with E-state index in [0.717, 1.165) is 24.2 Å². The molecule has 28 heavy (non-hydrogen) atoms. The molecule has 1 saturated heterocycles. The second kappa shape index (κ2) is 7.62. The number of benzene rings is 1. The molecule has 1 aromatic carbocycles. The lowest BCUT2D eigenvalue weighted by Crippen LogP contribution is -2.38. The fourth-order valence-electron chi connectivity index (χ4n) is 3.85. The van der Waals surface area contributed by atoms with Crippen molar-refractivity contribution in [1.29, 1.82) is 0 Å². The molecule has 3 aromatic rings. The Kier molecular flexibility index (Phi) is 5.03. The van der Waals surface area contributed by atoms with Crippen LogP contribution in [0.1, 0.15) is 66.0 Å². The molecule has 1 fully saturated rings. The van der Waals surface area contributed by atoms with Crippen LogP contribution in [-0.4, -0.2) is 39.3 Å². The SMILES string of the molecule is Cc1cccc(-c2cn[nH]c2C2CCN(C(=O)c3cc(C(C)C)on3)CC2)c1. The maximum Gasteiger partial charge on any atom is 0.276 e. The van der Waals surface area contributed by atoms with Gasteiger partial charge in [-0.2, -0.15) is 5.10 Å². The van der Waals surface area contributed by atoms with Gasteiger partial charge in [0.2, 0.25) is 0 Å². The van der Waals surface area contributed by atoms with Gasteiger partial charge in [0.1, 0.15) is 5.76 Å². The van der Waals surface area contributed by atoms with Crippen LogP contribution in [0.5, 0.6) is 0 Å². The Bertz CT molecular complexity index is 964. The van der Waals surface area contributed by atoms with Crippen LogP contribution in [0.2, 0.25) is 0 Å². The average molecular weight is 378 g/mol. The van der Waals surface area contributed by atoms with Crippen LogP contribution >= 0.6 is 0 Å². The number of nitrogens with one attached hydrogen (secondary N) is 1. The van der Waals surface area contributed by atoms with Gasteiger partial charge in [-0.25, -0.2) is 0 Å². The summed E-state index contributed by atoms with van der Waals surface area (Å²) in [5.41, 5.74) is 5.15. The summed E-state index contributed by atoms with van der Waals surface area (Å²) in [5, 5.41) is 11.5. The van der Waals surface area contributed by atoms with Gasteiger partial charge in [-0.1, -0.05) is 48.8 Å². The number of nitrogens with zero attached hydrogens (tertiary/aromatic N) is 3.